The van der Waals surface area contributed by atoms with E-state index >= 15 is 0 Å². The van der Waals surface area contributed by atoms with Crippen LogP contribution < -0.4 is 5.32 Å². The molecule has 0 amide bonds. The molecule has 0 bridgehead atoms. The second-order valence-corrected chi connectivity index (χ2v) is 7.21. The lowest BCUT2D eigenvalue weighted by Gasteiger charge is -2.37. The molecule has 1 aliphatic carbocycles. The minimum Gasteiger partial charge on any atom is -0.394 e. The highest BCUT2D eigenvalue weighted by Gasteiger charge is 2.31. The van der Waals surface area contributed by atoms with Crippen LogP contribution in [0, 0.1) is 0 Å². The second kappa shape index (κ2) is 7.21. The van der Waals surface area contributed by atoms with Gasteiger partial charge in [0.2, 0.25) is 0 Å². The summed E-state index contributed by atoms with van der Waals surface area (Å²) >= 11 is 0. The van der Waals surface area contributed by atoms with E-state index in [0.717, 1.165) is 6.42 Å². The van der Waals surface area contributed by atoms with E-state index in [4.69, 9.17) is 0 Å². The molecule has 1 saturated carbocycles. The van der Waals surface area contributed by atoms with Gasteiger partial charge in [-0.25, -0.2) is 0 Å². The van der Waals surface area contributed by atoms with E-state index in [1.807, 2.05) is 0 Å². The van der Waals surface area contributed by atoms with Gasteiger partial charge in [-0.2, -0.15) is 0 Å². The summed E-state index contributed by atoms with van der Waals surface area (Å²) in [5.41, 5.74) is -0.0685. The van der Waals surface area contributed by atoms with Gasteiger partial charge in [-0.1, -0.05) is 0 Å². The molecule has 1 saturated heterocycles. The molecule has 4 nitrogen and oxygen atoms in total. The molecule has 118 valence electrons. The van der Waals surface area contributed by atoms with Crippen molar-refractivity contribution in [1.82, 2.24) is 15.1 Å². The summed E-state index contributed by atoms with van der Waals surface area (Å²) < 4.78 is 0. The van der Waals surface area contributed by atoms with Crippen LogP contribution in [0.3, 0.4) is 0 Å². The van der Waals surface area contributed by atoms with Gasteiger partial charge in [-0.3, -0.25) is 4.90 Å². The first-order valence-corrected chi connectivity index (χ1v) is 8.37. The van der Waals surface area contributed by atoms with E-state index in [1.165, 1.54) is 52.0 Å². The van der Waals surface area contributed by atoms with E-state index in [-0.39, 0.29) is 12.1 Å². The molecule has 0 spiro atoms. The Balaban J connectivity index is 1.63. The number of rotatable bonds is 8. The van der Waals surface area contributed by atoms with Gasteiger partial charge in [-0.15, -0.1) is 0 Å². The highest BCUT2D eigenvalue weighted by Crippen LogP contribution is 2.24. The Labute approximate surface area is 124 Å². The third-order valence-corrected chi connectivity index (χ3v) is 4.82. The topological polar surface area (TPSA) is 38.7 Å². The zero-order chi connectivity index (χ0) is 14.6. The van der Waals surface area contributed by atoms with Crippen molar-refractivity contribution in [2.75, 3.05) is 39.3 Å². The fourth-order valence-electron chi connectivity index (χ4n) is 3.11. The normalized spacial score (nSPS) is 25.1. The molecule has 1 atom stereocenters. The van der Waals surface area contributed by atoms with Crippen LogP contribution in [-0.2, 0) is 0 Å². The van der Waals surface area contributed by atoms with Crippen LogP contribution >= 0.6 is 0 Å². The van der Waals surface area contributed by atoms with Gasteiger partial charge < -0.3 is 15.3 Å². The van der Waals surface area contributed by atoms with Gasteiger partial charge in [0.25, 0.3) is 0 Å². The number of hydrogen-bond acceptors (Lipinski definition) is 4. The first-order valence-electron chi connectivity index (χ1n) is 8.37. The van der Waals surface area contributed by atoms with Gasteiger partial charge in [0.05, 0.1) is 6.61 Å². The quantitative estimate of drug-likeness (QED) is 0.704. The zero-order valence-electron chi connectivity index (χ0n) is 13.6. The van der Waals surface area contributed by atoms with Crippen molar-refractivity contribution >= 4 is 0 Å². The van der Waals surface area contributed by atoms with Crippen molar-refractivity contribution in [2.24, 2.45) is 0 Å². The van der Waals surface area contributed by atoms with Crippen molar-refractivity contribution in [3.63, 3.8) is 0 Å². The average Bonchev–Trinajstić information content (AvgIpc) is 3.23. The average molecular weight is 283 g/mol. The summed E-state index contributed by atoms with van der Waals surface area (Å²) in [5.74, 6) is 0. The Morgan fingerprint density at radius 2 is 1.85 bits per heavy atom. The zero-order valence-corrected chi connectivity index (χ0v) is 13.6. The van der Waals surface area contributed by atoms with Crippen LogP contribution in [0.1, 0.15) is 46.5 Å². The molecule has 1 unspecified atom stereocenters. The van der Waals surface area contributed by atoms with Gasteiger partial charge in [0, 0.05) is 43.8 Å². The largest absolute Gasteiger partial charge is 0.394 e. The highest BCUT2D eigenvalue weighted by atomic mass is 16.3. The Kier molecular flexibility index (Phi) is 5.84. The predicted octanol–water partition coefficient (Wildman–Crippen LogP) is 1.30. The van der Waals surface area contributed by atoms with Crippen molar-refractivity contribution in [1.29, 1.82) is 0 Å². The Morgan fingerprint density at radius 1 is 1.20 bits per heavy atom. The minimum absolute atomic E-state index is 0.0685. The predicted molar refractivity (Wildman–Crippen MR) is 84.0 cm³/mol. The number of hydrogen-bond donors (Lipinski definition) is 2. The van der Waals surface area contributed by atoms with Gasteiger partial charge >= 0.3 is 0 Å². The van der Waals surface area contributed by atoms with Crippen LogP contribution in [0.25, 0.3) is 0 Å². The van der Waals surface area contributed by atoms with Gasteiger partial charge in [0.1, 0.15) is 0 Å². The molecule has 0 aromatic carbocycles. The molecule has 2 N–H and O–H groups in total. The molecule has 4 heteroatoms. The molecule has 20 heavy (non-hydrogen) atoms. The molecule has 2 fully saturated rings. The molecule has 2 aliphatic rings. The first kappa shape index (κ1) is 16.2. The van der Waals surface area contributed by atoms with Crippen LogP contribution in [0.4, 0.5) is 0 Å². The number of aliphatic hydroxyl groups is 1. The van der Waals surface area contributed by atoms with Crippen molar-refractivity contribution in [3.05, 3.63) is 0 Å². The molecular weight excluding hydrogens is 250 g/mol. The monoisotopic (exact) mass is 283 g/mol. The van der Waals surface area contributed by atoms with Gasteiger partial charge in [-0.05, 0) is 53.0 Å². The maximum absolute atomic E-state index is 9.61. The van der Waals surface area contributed by atoms with Crippen LogP contribution in [-0.4, -0.2) is 71.9 Å². The molecule has 1 aliphatic heterocycles. The summed E-state index contributed by atoms with van der Waals surface area (Å²) in [4.78, 5) is 5.14. The third-order valence-electron chi connectivity index (χ3n) is 4.82. The molecule has 0 aromatic heterocycles. The number of nitrogens with one attached hydrogen (secondary N) is 1. The van der Waals surface area contributed by atoms with E-state index in [2.05, 4.69) is 35.9 Å². The van der Waals surface area contributed by atoms with E-state index < -0.39 is 0 Å². The number of aliphatic hydroxyl groups excluding tert-OH is 1. The summed E-state index contributed by atoms with van der Waals surface area (Å²) in [6.07, 6.45) is 4.82. The fourth-order valence-corrected chi connectivity index (χ4v) is 3.11. The third kappa shape index (κ3) is 4.99. The maximum atomic E-state index is 9.61. The maximum Gasteiger partial charge on any atom is 0.0610 e. The minimum atomic E-state index is -0.0685. The summed E-state index contributed by atoms with van der Waals surface area (Å²) in [6.45, 7) is 13.0. The molecule has 1 heterocycles. The SMILES string of the molecule is CC(C)N1CCN(CCCC(C)(CO)NC2CC2)CC1. The standard InChI is InChI=1S/C16H33N3O/c1-14(2)19-11-9-18(10-12-19)8-4-7-16(3,13-20)17-15-5-6-15/h14-15,17,20H,4-13H2,1-3H3. The van der Waals surface area contributed by atoms with Crippen LogP contribution in [0.15, 0.2) is 0 Å². The Hall–Kier alpha value is -0.160. The first-order chi connectivity index (χ1) is 9.52. The van der Waals surface area contributed by atoms with Crippen molar-refractivity contribution in [2.45, 2.75) is 64.1 Å². The van der Waals surface area contributed by atoms with Crippen LogP contribution in [0.5, 0.6) is 0 Å². The lowest BCUT2D eigenvalue weighted by atomic mass is 9.96. The van der Waals surface area contributed by atoms with Crippen LogP contribution in [0.2, 0.25) is 0 Å². The highest BCUT2D eigenvalue weighted by molar-refractivity contribution is 4.92. The lowest BCUT2D eigenvalue weighted by molar-refractivity contribution is 0.101. The molecule has 0 radical (unpaired) electrons. The summed E-state index contributed by atoms with van der Waals surface area (Å²) in [7, 11) is 0. The lowest BCUT2D eigenvalue weighted by Crippen LogP contribution is -2.50. The summed E-state index contributed by atoms with van der Waals surface area (Å²) in [5, 5.41) is 13.2. The summed E-state index contributed by atoms with van der Waals surface area (Å²) in [6, 6.07) is 1.35. The Bertz CT molecular complexity index is 285. The smallest absolute Gasteiger partial charge is 0.0610 e. The Morgan fingerprint density at radius 3 is 2.35 bits per heavy atom. The fraction of sp³-hybridized carbons (Fsp3) is 1.00. The number of nitrogens with zero attached hydrogens (tertiary/aromatic N) is 2. The van der Waals surface area contributed by atoms with E-state index in [9.17, 15) is 5.11 Å². The van der Waals surface area contributed by atoms with Crippen molar-refractivity contribution < 1.29 is 5.11 Å². The second-order valence-electron chi connectivity index (χ2n) is 7.21. The number of piperazine rings is 1. The van der Waals surface area contributed by atoms with E-state index in [0.29, 0.717) is 12.1 Å². The molecule has 2 rings (SSSR count). The van der Waals surface area contributed by atoms with E-state index in [1.54, 1.807) is 0 Å². The molecule has 0 aromatic rings. The molecular formula is C16H33N3O. The van der Waals surface area contributed by atoms with Gasteiger partial charge in [0.15, 0.2) is 0 Å². The van der Waals surface area contributed by atoms with Crippen molar-refractivity contribution in [3.8, 4) is 0 Å².